The van der Waals surface area contributed by atoms with Crippen molar-refractivity contribution in [1.29, 1.82) is 0 Å². The van der Waals surface area contributed by atoms with E-state index >= 15 is 0 Å². The smallest absolute Gasteiger partial charge is 0.302 e. The van der Waals surface area contributed by atoms with E-state index in [1.165, 1.54) is 0 Å². The Bertz CT molecular complexity index is 148. The van der Waals surface area contributed by atoms with Gasteiger partial charge in [0.1, 0.15) is 0 Å². The Morgan fingerprint density at radius 1 is 1.33 bits per heavy atom. The highest BCUT2D eigenvalue weighted by Crippen LogP contribution is 2.18. The van der Waals surface area contributed by atoms with Crippen molar-refractivity contribution in [3.05, 3.63) is 12.3 Å². The summed E-state index contributed by atoms with van der Waals surface area (Å²) in [7, 11) is 2.00. The van der Waals surface area contributed by atoms with Crippen molar-refractivity contribution in [2.24, 2.45) is 0 Å². The van der Waals surface area contributed by atoms with Gasteiger partial charge in [-0.1, -0.05) is 19.5 Å². The maximum Gasteiger partial charge on any atom is 0.332 e. The highest BCUT2D eigenvalue weighted by Gasteiger charge is 2.36. The van der Waals surface area contributed by atoms with Gasteiger partial charge in [0.05, 0.1) is 0 Å². The molecule has 0 N–H and O–H groups in total. The van der Waals surface area contributed by atoms with Crippen LogP contribution in [0.15, 0.2) is 12.3 Å². The third-order valence-corrected chi connectivity index (χ3v) is 7.58. The van der Waals surface area contributed by atoms with Crippen LogP contribution >= 0.6 is 11.1 Å². The molecule has 0 saturated heterocycles. The SMILES string of the molecule is C=C[Si](Cl)(N(C)C)N(CC)CC. The van der Waals surface area contributed by atoms with E-state index in [9.17, 15) is 0 Å². The first-order chi connectivity index (χ1) is 5.52. The molecule has 2 nitrogen and oxygen atoms in total. The topological polar surface area (TPSA) is 6.48 Å². The molecule has 1 atom stereocenters. The van der Waals surface area contributed by atoms with E-state index in [0.29, 0.717) is 0 Å². The van der Waals surface area contributed by atoms with Crippen LogP contribution in [-0.4, -0.2) is 44.0 Å². The number of halogens is 1. The fourth-order valence-corrected chi connectivity index (χ4v) is 4.05. The van der Waals surface area contributed by atoms with Gasteiger partial charge in [0.15, 0.2) is 0 Å². The third-order valence-electron chi connectivity index (χ3n) is 2.09. The summed E-state index contributed by atoms with van der Waals surface area (Å²) >= 11 is 6.50. The lowest BCUT2D eigenvalue weighted by molar-refractivity contribution is 0.425. The van der Waals surface area contributed by atoms with Crippen molar-refractivity contribution in [1.82, 2.24) is 9.13 Å². The van der Waals surface area contributed by atoms with Crippen LogP contribution in [0.25, 0.3) is 0 Å². The van der Waals surface area contributed by atoms with E-state index in [-0.39, 0.29) is 0 Å². The summed E-state index contributed by atoms with van der Waals surface area (Å²) in [6.07, 6.45) is 0. The highest BCUT2D eigenvalue weighted by molar-refractivity contribution is 7.19. The summed E-state index contributed by atoms with van der Waals surface area (Å²) in [6.45, 7) is 10.0. The Balaban J connectivity index is 4.58. The molecule has 0 radical (unpaired) electrons. The van der Waals surface area contributed by atoms with E-state index < -0.39 is 7.71 Å². The molecule has 0 aromatic rings. The average Bonchev–Trinajstić information content (AvgIpc) is 2.05. The Labute approximate surface area is 81.7 Å². The van der Waals surface area contributed by atoms with Crippen LogP contribution in [0.5, 0.6) is 0 Å². The molecule has 0 bridgehead atoms. The molecular weight excluding hydrogens is 188 g/mol. The van der Waals surface area contributed by atoms with Gasteiger partial charge in [-0.15, -0.1) is 17.7 Å². The first kappa shape index (κ1) is 12.2. The quantitative estimate of drug-likeness (QED) is 0.500. The molecule has 0 aliphatic carbocycles. The zero-order valence-corrected chi connectivity index (χ0v) is 10.2. The van der Waals surface area contributed by atoms with E-state index in [4.69, 9.17) is 11.1 Å². The van der Waals surface area contributed by atoms with Crippen molar-refractivity contribution >= 4 is 18.8 Å². The minimum atomic E-state index is -2.03. The summed E-state index contributed by atoms with van der Waals surface area (Å²) in [4.78, 5) is 0. The molecule has 72 valence electrons. The molecule has 0 rings (SSSR count). The molecule has 0 aromatic carbocycles. The second kappa shape index (κ2) is 5.02. The lowest BCUT2D eigenvalue weighted by Gasteiger charge is -2.37. The van der Waals surface area contributed by atoms with Gasteiger partial charge in [0, 0.05) is 0 Å². The number of rotatable bonds is 5. The largest absolute Gasteiger partial charge is 0.332 e. The van der Waals surface area contributed by atoms with Gasteiger partial charge in [0.2, 0.25) is 0 Å². The maximum absolute atomic E-state index is 6.50. The summed E-state index contributed by atoms with van der Waals surface area (Å²) in [5, 5.41) is 0. The molecule has 1 unspecified atom stereocenters. The molecule has 12 heavy (non-hydrogen) atoms. The van der Waals surface area contributed by atoms with Crippen molar-refractivity contribution in [3.63, 3.8) is 0 Å². The van der Waals surface area contributed by atoms with E-state index in [1.54, 1.807) is 0 Å². The van der Waals surface area contributed by atoms with E-state index in [2.05, 4.69) is 29.6 Å². The first-order valence-corrected chi connectivity index (χ1v) is 7.26. The van der Waals surface area contributed by atoms with Gasteiger partial charge in [0.25, 0.3) is 0 Å². The van der Waals surface area contributed by atoms with Gasteiger partial charge in [-0.3, -0.25) is 4.57 Å². The van der Waals surface area contributed by atoms with E-state index in [1.807, 2.05) is 19.8 Å². The number of nitrogens with zero attached hydrogens (tertiary/aromatic N) is 2. The summed E-state index contributed by atoms with van der Waals surface area (Å²) < 4.78 is 4.37. The lowest BCUT2D eigenvalue weighted by Crippen LogP contribution is -2.58. The molecule has 0 saturated carbocycles. The van der Waals surface area contributed by atoms with Crippen LogP contribution in [0.1, 0.15) is 13.8 Å². The first-order valence-electron chi connectivity index (χ1n) is 4.27. The van der Waals surface area contributed by atoms with Gasteiger partial charge in [-0.05, 0) is 27.2 Å². The van der Waals surface area contributed by atoms with Gasteiger partial charge in [-0.25, -0.2) is 0 Å². The molecule has 0 heterocycles. The minimum Gasteiger partial charge on any atom is -0.302 e. The van der Waals surface area contributed by atoms with Crippen molar-refractivity contribution in [2.45, 2.75) is 13.8 Å². The standard InChI is InChI=1S/C8H19ClN2Si/c1-6-11(7-2)12(9,8-3)10(4)5/h8H,3,6-7H2,1-2,4-5H3. The Hall–Kier alpha value is 0.167. The monoisotopic (exact) mass is 206 g/mol. The fourth-order valence-electron chi connectivity index (χ4n) is 1.26. The van der Waals surface area contributed by atoms with Crippen LogP contribution < -0.4 is 0 Å². The summed E-state index contributed by atoms with van der Waals surface area (Å²) in [5.74, 6) is 0. The molecule has 0 aliphatic rings. The fraction of sp³-hybridized carbons (Fsp3) is 0.750. The molecule has 4 heteroatoms. The Kier molecular flexibility index (Phi) is 5.09. The Morgan fingerprint density at radius 3 is 1.83 bits per heavy atom. The van der Waals surface area contributed by atoms with E-state index in [0.717, 1.165) is 13.1 Å². The molecular formula is C8H19ClN2Si. The average molecular weight is 207 g/mol. The predicted octanol–water partition coefficient (Wildman–Crippen LogP) is 1.79. The van der Waals surface area contributed by atoms with Crippen LogP contribution in [0, 0.1) is 0 Å². The molecule has 0 amide bonds. The molecule has 0 spiro atoms. The Morgan fingerprint density at radius 2 is 1.75 bits per heavy atom. The zero-order valence-electron chi connectivity index (χ0n) is 8.47. The normalized spacial score (nSPS) is 16.6. The van der Waals surface area contributed by atoms with Crippen LogP contribution in [0.3, 0.4) is 0 Å². The highest BCUT2D eigenvalue weighted by atomic mass is 35.6. The molecule has 0 aliphatic heterocycles. The maximum atomic E-state index is 6.50. The predicted molar refractivity (Wildman–Crippen MR) is 58.4 cm³/mol. The molecule has 0 aromatic heterocycles. The third kappa shape index (κ3) is 2.33. The van der Waals surface area contributed by atoms with Gasteiger partial charge in [-0.2, -0.15) is 0 Å². The van der Waals surface area contributed by atoms with Crippen molar-refractivity contribution in [3.8, 4) is 0 Å². The summed E-state index contributed by atoms with van der Waals surface area (Å²) in [6, 6.07) is 0. The van der Waals surface area contributed by atoms with Crippen molar-refractivity contribution < 1.29 is 0 Å². The van der Waals surface area contributed by atoms with Crippen LogP contribution in [-0.2, 0) is 0 Å². The lowest BCUT2D eigenvalue weighted by atomic mass is 10.7. The van der Waals surface area contributed by atoms with Gasteiger partial charge >= 0.3 is 7.71 Å². The van der Waals surface area contributed by atoms with Gasteiger partial charge < -0.3 is 4.57 Å². The molecule has 0 fully saturated rings. The zero-order chi connectivity index (χ0) is 9.78. The number of hydrogen-bond donors (Lipinski definition) is 0. The van der Waals surface area contributed by atoms with Crippen LogP contribution in [0.4, 0.5) is 0 Å². The van der Waals surface area contributed by atoms with Crippen LogP contribution in [0.2, 0.25) is 0 Å². The summed E-state index contributed by atoms with van der Waals surface area (Å²) in [5.41, 5.74) is 1.90. The number of hydrogen-bond acceptors (Lipinski definition) is 2. The minimum absolute atomic E-state index is 0.983. The van der Waals surface area contributed by atoms with Crippen molar-refractivity contribution in [2.75, 3.05) is 27.2 Å². The second-order valence-electron chi connectivity index (χ2n) is 2.91. The second-order valence-corrected chi connectivity index (χ2v) is 7.78.